The number of hydrogen-bond acceptors (Lipinski definition) is 4. The van der Waals surface area contributed by atoms with Gasteiger partial charge in [-0.25, -0.2) is 9.78 Å². The molecule has 5 heteroatoms. The number of ether oxygens (including phenoxy) is 1. The van der Waals surface area contributed by atoms with E-state index in [4.69, 9.17) is 9.84 Å². The lowest BCUT2D eigenvalue weighted by molar-refractivity contribution is 0.0691. The fourth-order valence-corrected chi connectivity index (χ4v) is 1.54. The predicted octanol–water partition coefficient (Wildman–Crippen LogP) is 2.25. The van der Waals surface area contributed by atoms with Gasteiger partial charge in [-0.2, -0.15) is 0 Å². The first-order valence-electron chi connectivity index (χ1n) is 6.08. The van der Waals surface area contributed by atoms with Gasteiger partial charge in [0, 0.05) is 12.8 Å². The van der Waals surface area contributed by atoms with Crippen molar-refractivity contribution in [3.63, 3.8) is 0 Å². The number of carboxylic acid groups (broad SMARTS) is 1. The van der Waals surface area contributed by atoms with Gasteiger partial charge < -0.3 is 15.2 Å². The molecule has 0 amide bonds. The van der Waals surface area contributed by atoms with Crippen molar-refractivity contribution in [3.8, 4) is 0 Å². The molecule has 0 aliphatic heterocycles. The number of rotatable bonds is 7. The lowest BCUT2D eigenvalue weighted by Gasteiger charge is -2.23. The predicted molar refractivity (Wildman–Crippen MR) is 69.9 cm³/mol. The van der Waals surface area contributed by atoms with Crippen molar-refractivity contribution in [2.45, 2.75) is 26.8 Å². The van der Waals surface area contributed by atoms with Gasteiger partial charge >= 0.3 is 5.97 Å². The molecule has 2 N–H and O–H groups in total. The summed E-state index contributed by atoms with van der Waals surface area (Å²) in [4.78, 5) is 14.9. The molecule has 0 spiro atoms. The van der Waals surface area contributed by atoms with Gasteiger partial charge in [0.2, 0.25) is 0 Å². The van der Waals surface area contributed by atoms with Crippen LogP contribution in [-0.4, -0.2) is 35.3 Å². The Morgan fingerprint density at radius 2 is 2.28 bits per heavy atom. The molecule has 1 heterocycles. The molecule has 5 nitrogen and oxygen atoms in total. The van der Waals surface area contributed by atoms with E-state index in [-0.39, 0.29) is 11.7 Å². The number of aromatic carboxylic acids is 1. The van der Waals surface area contributed by atoms with Crippen LogP contribution in [0.2, 0.25) is 0 Å². The summed E-state index contributed by atoms with van der Waals surface area (Å²) >= 11 is 0. The Bertz CT molecular complexity index is 394. The topological polar surface area (TPSA) is 71.5 Å². The molecule has 1 atom stereocenters. The van der Waals surface area contributed by atoms with Crippen LogP contribution in [0.25, 0.3) is 0 Å². The number of anilines is 1. The van der Waals surface area contributed by atoms with Crippen LogP contribution < -0.4 is 5.32 Å². The van der Waals surface area contributed by atoms with E-state index in [1.807, 2.05) is 6.92 Å². The molecule has 0 aromatic carbocycles. The quantitative estimate of drug-likeness (QED) is 0.778. The highest BCUT2D eigenvalue weighted by atomic mass is 16.5. The number of hydrogen-bond donors (Lipinski definition) is 2. The molecule has 0 aliphatic rings. The summed E-state index contributed by atoms with van der Waals surface area (Å²) in [5.74, 6) is -0.699. The van der Waals surface area contributed by atoms with Crippen molar-refractivity contribution in [3.05, 3.63) is 24.0 Å². The fourth-order valence-electron chi connectivity index (χ4n) is 1.54. The third kappa shape index (κ3) is 4.00. The monoisotopic (exact) mass is 252 g/mol. The molecular formula is C13H20N2O3. The standard InChI is InChI=1S/C13H20N2O3/c1-4-18-8-11(9(2)3)15-10-6-5-7-14-12(10)13(16)17/h5-7,9,11,15H,4,8H2,1-3H3,(H,16,17). The minimum Gasteiger partial charge on any atom is -0.476 e. The number of carbonyl (C=O) groups is 1. The van der Waals surface area contributed by atoms with Gasteiger partial charge in [0.15, 0.2) is 5.69 Å². The second-order valence-electron chi connectivity index (χ2n) is 4.36. The molecule has 0 saturated carbocycles. The minimum absolute atomic E-state index is 0.0413. The average Bonchev–Trinajstić information content (AvgIpc) is 2.34. The Morgan fingerprint density at radius 3 is 2.83 bits per heavy atom. The van der Waals surface area contributed by atoms with Gasteiger partial charge in [0.05, 0.1) is 18.3 Å². The molecule has 0 bridgehead atoms. The Kier molecular flexibility index (Phi) is 5.58. The minimum atomic E-state index is -1.03. The summed E-state index contributed by atoms with van der Waals surface area (Å²) in [5.41, 5.74) is 0.572. The second-order valence-corrected chi connectivity index (χ2v) is 4.36. The maximum absolute atomic E-state index is 11.1. The number of aromatic nitrogens is 1. The van der Waals surface area contributed by atoms with Gasteiger partial charge in [-0.1, -0.05) is 13.8 Å². The van der Waals surface area contributed by atoms with Gasteiger partial charge in [-0.3, -0.25) is 0 Å². The summed E-state index contributed by atoms with van der Waals surface area (Å²) in [6.45, 7) is 7.25. The highest BCUT2D eigenvalue weighted by Gasteiger charge is 2.17. The van der Waals surface area contributed by atoms with Crippen LogP contribution in [0.15, 0.2) is 18.3 Å². The van der Waals surface area contributed by atoms with Crippen molar-refractivity contribution in [1.29, 1.82) is 0 Å². The van der Waals surface area contributed by atoms with E-state index in [0.29, 0.717) is 24.8 Å². The van der Waals surface area contributed by atoms with Crippen LogP contribution in [0, 0.1) is 5.92 Å². The third-order valence-electron chi connectivity index (χ3n) is 2.66. The summed E-state index contributed by atoms with van der Waals surface area (Å²) in [7, 11) is 0. The fraction of sp³-hybridized carbons (Fsp3) is 0.538. The van der Waals surface area contributed by atoms with E-state index in [2.05, 4.69) is 24.1 Å². The van der Waals surface area contributed by atoms with E-state index in [1.54, 1.807) is 12.1 Å². The average molecular weight is 252 g/mol. The summed E-state index contributed by atoms with van der Waals surface area (Å²) in [5, 5.41) is 12.3. The van der Waals surface area contributed by atoms with Crippen molar-refractivity contribution < 1.29 is 14.6 Å². The molecular weight excluding hydrogens is 232 g/mol. The van der Waals surface area contributed by atoms with Crippen LogP contribution in [-0.2, 0) is 4.74 Å². The van der Waals surface area contributed by atoms with Crippen LogP contribution in [0.4, 0.5) is 5.69 Å². The van der Waals surface area contributed by atoms with Crippen LogP contribution in [0.5, 0.6) is 0 Å². The van der Waals surface area contributed by atoms with E-state index in [1.165, 1.54) is 6.20 Å². The Hall–Kier alpha value is -1.62. The molecule has 0 saturated heterocycles. The van der Waals surface area contributed by atoms with Crippen molar-refractivity contribution >= 4 is 11.7 Å². The van der Waals surface area contributed by atoms with Gasteiger partial charge in [0.1, 0.15) is 0 Å². The summed E-state index contributed by atoms with van der Waals surface area (Å²) in [6.07, 6.45) is 1.47. The zero-order valence-electron chi connectivity index (χ0n) is 11.0. The highest BCUT2D eigenvalue weighted by Crippen LogP contribution is 2.16. The molecule has 18 heavy (non-hydrogen) atoms. The zero-order chi connectivity index (χ0) is 13.5. The highest BCUT2D eigenvalue weighted by molar-refractivity contribution is 5.91. The Morgan fingerprint density at radius 1 is 1.56 bits per heavy atom. The number of nitrogens with zero attached hydrogens (tertiary/aromatic N) is 1. The SMILES string of the molecule is CCOCC(Nc1cccnc1C(=O)O)C(C)C. The maximum Gasteiger partial charge on any atom is 0.356 e. The second kappa shape index (κ2) is 6.96. The molecule has 100 valence electrons. The van der Waals surface area contributed by atoms with Gasteiger partial charge in [0.25, 0.3) is 0 Å². The number of pyridine rings is 1. The Balaban J connectivity index is 2.83. The van der Waals surface area contributed by atoms with Crippen molar-refractivity contribution in [2.24, 2.45) is 5.92 Å². The molecule has 1 aromatic rings. The first kappa shape index (κ1) is 14.4. The first-order valence-corrected chi connectivity index (χ1v) is 6.08. The normalized spacial score (nSPS) is 12.4. The van der Waals surface area contributed by atoms with E-state index in [9.17, 15) is 4.79 Å². The summed E-state index contributed by atoms with van der Waals surface area (Å²) < 4.78 is 5.40. The summed E-state index contributed by atoms with van der Waals surface area (Å²) in [6, 6.07) is 3.50. The van der Waals surface area contributed by atoms with E-state index < -0.39 is 5.97 Å². The van der Waals surface area contributed by atoms with Crippen molar-refractivity contribution in [2.75, 3.05) is 18.5 Å². The third-order valence-corrected chi connectivity index (χ3v) is 2.66. The van der Waals surface area contributed by atoms with Crippen LogP contribution in [0.3, 0.4) is 0 Å². The number of carboxylic acids is 1. The van der Waals surface area contributed by atoms with Gasteiger partial charge in [-0.05, 0) is 25.0 Å². The first-order chi connectivity index (χ1) is 8.56. The van der Waals surface area contributed by atoms with Crippen LogP contribution in [0.1, 0.15) is 31.3 Å². The maximum atomic E-state index is 11.1. The number of nitrogens with one attached hydrogen (secondary N) is 1. The lowest BCUT2D eigenvalue weighted by Crippen LogP contribution is -2.31. The largest absolute Gasteiger partial charge is 0.476 e. The molecule has 0 fully saturated rings. The van der Waals surface area contributed by atoms with Gasteiger partial charge in [-0.15, -0.1) is 0 Å². The van der Waals surface area contributed by atoms with E-state index in [0.717, 1.165) is 0 Å². The Labute approximate surface area is 107 Å². The molecule has 1 aromatic heterocycles. The van der Waals surface area contributed by atoms with E-state index >= 15 is 0 Å². The van der Waals surface area contributed by atoms with Crippen LogP contribution >= 0.6 is 0 Å². The molecule has 0 aliphatic carbocycles. The molecule has 0 radical (unpaired) electrons. The zero-order valence-corrected chi connectivity index (χ0v) is 11.0. The lowest BCUT2D eigenvalue weighted by atomic mass is 10.0. The molecule has 1 unspecified atom stereocenters. The smallest absolute Gasteiger partial charge is 0.356 e. The molecule has 1 rings (SSSR count). The van der Waals surface area contributed by atoms with Crippen molar-refractivity contribution in [1.82, 2.24) is 4.98 Å².